The van der Waals surface area contributed by atoms with Gasteiger partial charge in [-0.05, 0) is 51.1 Å². The van der Waals surface area contributed by atoms with Crippen LogP contribution in [0.5, 0.6) is 0 Å². The zero-order valence-corrected chi connectivity index (χ0v) is 12.3. The van der Waals surface area contributed by atoms with Crippen molar-refractivity contribution in [3.8, 4) is 0 Å². The van der Waals surface area contributed by atoms with E-state index in [0.29, 0.717) is 6.04 Å². The van der Waals surface area contributed by atoms with Crippen molar-refractivity contribution in [1.82, 2.24) is 5.32 Å². The molecule has 1 heterocycles. The van der Waals surface area contributed by atoms with Crippen molar-refractivity contribution in [2.75, 3.05) is 6.54 Å². The third kappa shape index (κ3) is 2.97. The third-order valence-electron chi connectivity index (χ3n) is 4.29. The molecular weight excluding hydrogens is 222 g/mol. The van der Waals surface area contributed by atoms with Crippen molar-refractivity contribution in [3.63, 3.8) is 0 Å². The van der Waals surface area contributed by atoms with Crippen molar-refractivity contribution in [1.29, 1.82) is 0 Å². The minimum atomic E-state index is 0.482. The Labute approximate surface area is 111 Å². The number of furan rings is 1. The van der Waals surface area contributed by atoms with Crippen molar-refractivity contribution >= 4 is 0 Å². The van der Waals surface area contributed by atoms with Crippen LogP contribution in [-0.2, 0) is 0 Å². The first-order chi connectivity index (χ1) is 8.61. The molecule has 1 aliphatic carbocycles. The van der Waals surface area contributed by atoms with Gasteiger partial charge in [0.05, 0.1) is 0 Å². The SMILES string of the molecule is CCNC(c1cc(C)oc1C)C1CCCC(C)C1. The van der Waals surface area contributed by atoms with E-state index in [9.17, 15) is 0 Å². The second kappa shape index (κ2) is 5.92. The zero-order chi connectivity index (χ0) is 13.1. The molecule has 0 bridgehead atoms. The van der Waals surface area contributed by atoms with E-state index in [1.807, 2.05) is 6.92 Å². The van der Waals surface area contributed by atoms with Crippen LogP contribution in [0.15, 0.2) is 10.5 Å². The van der Waals surface area contributed by atoms with Crippen molar-refractivity contribution in [3.05, 3.63) is 23.2 Å². The lowest BCUT2D eigenvalue weighted by Gasteiger charge is -2.33. The molecule has 18 heavy (non-hydrogen) atoms. The Bertz CT molecular complexity index is 382. The third-order valence-corrected chi connectivity index (χ3v) is 4.29. The Morgan fingerprint density at radius 1 is 1.39 bits per heavy atom. The molecule has 0 amide bonds. The molecular formula is C16H27NO. The van der Waals surface area contributed by atoms with Crippen LogP contribution >= 0.6 is 0 Å². The van der Waals surface area contributed by atoms with E-state index in [1.165, 1.54) is 31.2 Å². The van der Waals surface area contributed by atoms with Crippen LogP contribution < -0.4 is 5.32 Å². The van der Waals surface area contributed by atoms with Crippen LogP contribution in [0, 0.1) is 25.7 Å². The smallest absolute Gasteiger partial charge is 0.105 e. The van der Waals surface area contributed by atoms with Crippen LogP contribution in [0.25, 0.3) is 0 Å². The van der Waals surface area contributed by atoms with Crippen molar-refractivity contribution < 1.29 is 4.42 Å². The van der Waals surface area contributed by atoms with Gasteiger partial charge in [0.15, 0.2) is 0 Å². The number of aryl methyl sites for hydroxylation is 2. The zero-order valence-electron chi connectivity index (χ0n) is 12.3. The van der Waals surface area contributed by atoms with Crippen LogP contribution in [0.2, 0.25) is 0 Å². The summed E-state index contributed by atoms with van der Waals surface area (Å²) in [7, 11) is 0. The first-order valence-electron chi connectivity index (χ1n) is 7.42. The van der Waals surface area contributed by atoms with E-state index in [0.717, 1.165) is 29.9 Å². The van der Waals surface area contributed by atoms with Gasteiger partial charge in [0.2, 0.25) is 0 Å². The second-order valence-corrected chi connectivity index (χ2v) is 5.94. The molecule has 2 heteroatoms. The van der Waals surface area contributed by atoms with Crippen LogP contribution in [-0.4, -0.2) is 6.54 Å². The fourth-order valence-corrected chi connectivity index (χ4v) is 3.49. The lowest BCUT2D eigenvalue weighted by Crippen LogP contribution is -2.31. The summed E-state index contributed by atoms with van der Waals surface area (Å²) in [5.41, 5.74) is 1.38. The molecule has 2 nitrogen and oxygen atoms in total. The van der Waals surface area contributed by atoms with Crippen LogP contribution in [0.4, 0.5) is 0 Å². The van der Waals surface area contributed by atoms with Gasteiger partial charge in [0.25, 0.3) is 0 Å². The molecule has 2 rings (SSSR count). The predicted molar refractivity (Wildman–Crippen MR) is 75.7 cm³/mol. The minimum absolute atomic E-state index is 0.482. The lowest BCUT2D eigenvalue weighted by molar-refractivity contribution is 0.224. The summed E-state index contributed by atoms with van der Waals surface area (Å²) in [5.74, 6) is 3.77. The molecule has 0 aromatic carbocycles. The van der Waals surface area contributed by atoms with Crippen LogP contribution in [0.1, 0.15) is 62.7 Å². The highest BCUT2D eigenvalue weighted by atomic mass is 16.3. The number of hydrogen-bond donors (Lipinski definition) is 1. The summed E-state index contributed by atoms with van der Waals surface area (Å²) >= 11 is 0. The van der Waals surface area contributed by atoms with E-state index in [2.05, 4.69) is 32.2 Å². The van der Waals surface area contributed by atoms with Gasteiger partial charge < -0.3 is 9.73 Å². The Morgan fingerprint density at radius 3 is 2.72 bits per heavy atom. The summed E-state index contributed by atoms with van der Waals surface area (Å²) < 4.78 is 5.72. The van der Waals surface area contributed by atoms with Gasteiger partial charge in [-0.15, -0.1) is 0 Å². The van der Waals surface area contributed by atoms with E-state index < -0.39 is 0 Å². The molecule has 1 aliphatic rings. The molecule has 1 saturated carbocycles. The van der Waals surface area contributed by atoms with E-state index in [1.54, 1.807) is 0 Å². The summed E-state index contributed by atoms with van der Waals surface area (Å²) in [5, 5.41) is 3.68. The highest BCUT2D eigenvalue weighted by Crippen LogP contribution is 2.38. The van der Waals surface area contributed by atoms with Gasteiger partial charge in [-0.3, -0.25) is 0 Å². The summed E-state index contributed by atoms with van der Waals surface area (Å²) in [4.78, 5) is 0. The molecule has 1 aromatic heterocycles. The Kier molecular flexibility index (Phi) is 4.50. The Balaban J connectivity index is 2.19. The maximum absolute atomic E-state index is 5.72. The molecule has 3 unspecified atom stereocenters. The highest BCUT2D eigenvalue weighted by Gasteiger charge is 2.29. The summed E-state index contributed by atoms with van der Waals surface area (Å²) in [6.07, 6.45) is 5.48. The molecule has 102 valence electrons. The summed E-state index contributed by atoms with van der Waals surface area (Å²) in [6, 6.07) is 2.71. The average molecular weight is 249 g/mol. The van der Waals surface area contributed by atoms with Gasteiger partial charge in [0, 0.05) is 11.6 Å². The van der Waals surface area contributed by atoms with Gasteiger partial charge in [-0.2, -0.15) is 0 Å². The molecule has 1 aromatic rings. The quantitative estimate of drug-likeness (QED) is 0.857. The van der Waals surface area contributed by atoms with Gasteiger partial charge in [0.1, 0.15) is 11.5 Å². The highest BCUT2D eigenvalue weighted by molar-refractivity contribution is 5.25. The maximum atomic E-state index is 5.72. The largest absolute Gasteiger partial charge is 0.466 e. The molecule has 1 fully saturated rings. The monoisotopic (exact) mass is 249 g/mol. The van der Waals surface area contributed by atoms with E-state index in [-0.39, 0.29) is 0 Å². The standard InChI is InChI=1S/C16H27NO/c1-5-17-16(14-8-6-7-11(2)9-14)15-10-12(3)18-13(15)4/h10-11,14,16-17H,5-9H2,1-4H3. The van der Waals surface area contributed by atoms with Gasteiger partial charge in [-0.1, -0.05) is 26.7 Å². The maximum Gasteiger partial charge on any atom is 0.105 e. The molecule has 0 spiro atoms. The average Bonchev–Trinajstić information content (AvgIpc) is 2.65. The summed E-state index contributed by atoms with van der Waals surface area (Å²) in [6.45, 7) is 9.76. The first-order valence-corrected chi connectivity index (χ1v) is 7.42. The van der Waals surface area contributed by atoms with Crippen molar-refractivity contribution in [2.45, 2.75) is 59.4 Å². The van der Waals surface area contributed by atoms with Crippen LogP contribution in [0.3, 0.4) is 0 Å². The number of hydrogen-bond acceptors (Lipinski definition) is 2. The number of rotatable bonds is 4. The lowest BCUT2D eigenvalue weighted by atomic mass is 9.76. The second-order valence-electron chi connectivity index (χ2n) is 5.94. The van der Waals surface area contributed by atoms with Crippen molar-refractivity contribution in [2.24, 2.45) is 11.8 Å². The van der Waals surface area contributed by atoms with E-state index >= 15 is 0 Å². The van der Waals surface area contributed by atoms with E-state index in [4.69, 9.17) is 4.42 Å². The topological polar surface area (TPSA) is 25.2 Å². The fraction of sp³-hybridized carbons (Fsp3) is 0.750. The molecule has 0 saturated heterocycles. The molecule has 1 N–H and O–H groups in total. The minimum Gasteiger partial charge on any atom is -0.466 e. The normalized spacial score (nSPS) is 26.2. The Morgan fingerprint density at radius 2 is 2.17 bits per heavy atom. The predicted octanol–water partition coefficient (Wildman–Crippen LogP) is 4.37. The van der Waals surface area contributed by atoms with Gasteiger partial charge >= 0.3 is 0 Å². The van der Waals surface area contributed by atoms with Gasteiger partial charge in [-0.25, -0.2) is 0 Å². The Hall–Kier alpha value is -0.760. The molecule has 0 aliphatic heterocycles. The molecule has 3 atom stereocenters. The number of nitrogens with one attached hydrogen (secondary N) is 1. The first kappa shape index (κ1) is 13.7. The fourth-order valence-electron chi connectivity index (χ4n) is 3.49. The molecule has 0 radical (unpaired) electrons.